The number of nitrogens with zero attached hydrogens (tertiary/aromatic N) is 1. The Hall–Kier alpha value is -1.02. The van der Waals surface area contributed by atoms with E-state index < -0.39 is 0 Å². The molecule has 1 aliphatic heterocycles. The first-order chi connectivity index (χ1) is 10.1. The van der Waals surface area contributed by atoms with Crippen LogP contribution in [0.2, 0.25) is 0 Å². The quantitative estimate of drug-likeness (QED) is 0.839. The second-order valence-electron chi connectivity index (χ2n) is 7.26. The van der Waals surface area contributed by atoms with Crippen molar-refractivity contribution in [3.63, 3.8) is 0 Å². The molecule has 1 N–H and O–H groups in total. The Kier molecular flexibility index (Phi) is 6.10. The third-order valence-electron chi connectivity index (χ3n) is 4.67. The topological polar surface area (TPSA) is 15.3 Å². The Morgan fingerprint density at radius 2 is 1.67 bits per heavy atom. The molecule has 0 spiro atoms. The predicted molar refractivity (Wildman–Crippen MR) is 92.8 cm³/mol. The molecule has 2 rings (SSSR count). The molecular weight excluding hydrogens is 256 g/mol. The van der Waals surface area contributed by atoms with Crippen LogP contribution in [0, 0.1) is 17.8 Å². The van der Waals surface area contributed by atoms with Gasteiger partial charge in [-0.1, -0.05) is 39.8 Å². The maximum atomic E-state index is 3.50. The minimum absolute atomic E-state index is 0.714. The number of rotatable bonds is 6. The summed E-state index contributed by atoms with van der Waals surface area (Å²) in [7, 11) is 0. The molecular formula is C19H32N2. The molecule has 21 heavy (non-hydrogen) atoms. The lowest BCUT2D eigenvalue weighted by atomic mass is 9.86. The molecule has 1 aliphatic rings. The fraction of sp³-hybridized carbons (Fsp3) is 0.684. The Bertz CT molecular complexity index is 400. The van der Waals surface area contributed by atoms with E-state index in [0.717, 1.165) is 24.9 Å². The molecule has 118 valence electrons. The van der Waals surface area contributed by atoms with Crippen molar-refractivity contribution in [2.75, 3.05) is 24.5 Å². The van der Waals surface area contributed by atoms with E-state index in [9.17, 15) is 0 Å². The molecule has 2 nitrogen and oxygen atoms in total. The standard InChI is InChI=1S/C19H32N2/c1-15(2)13-20-14-17-5-7-19(8-6-17)21-11-9-18(10-12-21)16(3)4/h5-8,15-16,18,20H,9-14H2,1-4H3. The molecule has 0 bridgehead atoms. The van der Waals surface area contributed by atoms with Crippen LogP contribution >= 0.6 is 0 Å². The van der Waals surface area contributed by atoms with E-state index in [1.165, 1.54) is 37.2 Å². The van der Waals surface area contributed by atoms with Crippen molar-refractivity contribution in [3.05, 3.63) is 29.8 Å². The Morgan fingerprint density at radius 3 is 2.19 bits per heavy atom. The number of anilines is 1. The SMILES string of the molecule is CC(C)CNCc1ccc(N2CCC(C(C)C)CC2)cc1. The number of hydrogen-bond donors (Lipinski definition) is 1. The number of hydrogen-bond acceptors (Lipinski definition) is 2. The lowest BCUT2D eigenvalue weighted by Crippen LogP contribution is -2.35. The summed E-state index contributed by atoms with van der Waals surface area (Å²) in [6.07, 6.45) is 2.69. The van der Waals surface area contributed by atoms with Gasteiger partial charge >= 0.3 is 0 Å². The predicted octanol–water partition coefficient (Wildman–Crippen LogP) is 4.30. The average Bonchev–Trinajstić information content (AvgIpc) is 2.48. The van der Waals surface area contributed by atoms with Crippen LogP contribution in [0.3, 0.4) is 0 Å². The van der Waals surface area contributed by atoms with Gasteiger partial charge in [-0.2, -0.15) is 0 Å². The molecule has 1 aromatic rings. The van der Waals surface area contributed by atoms with Crippen LogP contribution in [0.25, 0.3) is 0 Å². The van der Waals surface area contributed by atoms with Crippen LogP contribution in [-0.2, 0) is 6.54 Å². The van der Waals surface area contributed by atoms with Gasteiger partial charge in [0.25, 0.3) is 0 Å². The lowest BCUT2D eigenvalue weighted by Gasteiger charge is -2.35. The highest BCUT2D eigenvalue weighted by atomic mass is 15.1. The largest absolute Gasteiger partial charge is 0.372 e. The van der Waals surface area contributed by atoms with Crippen LogP contribution < -0.4 is 10.2 Å². The smallest absolute Gasteiger partial charge is 0.0366 e. The van der Waals surface area contributed by atoms with Crippen LogP contribution in [-0.4, -0.2) is 19.6 Å². The van der Waals surface area contributed by atoms with Gasteiger partial charge in [-0.05, 0) is 54.8 Å². The van der Waals surface area contributed by atoms with Crippen LogP contribution in [0.4, 0.5) is 5.69 Å². The molecule has 0 unspecified atom stereocenters. The monoisotopic (exact) mass is 288 g/mol. The van der Waals surface area contributed by atoms with Gasteiger partial charge in [0.15, 0.2) is 0 Å². The molecule has 0 aromatic heterocycles. The molecule has 0 radical (unpaired) electrons. The third-order valence-corrected chi connectivity index (χ3v) is 4.67. The van der Waals surface area contributed by atoms with Gasteiger partial charge in [0.1, 0.15) is 0 Å². The zero-order valence-corrected chi connectivity index (χ0v) is 14.2. The van der Waals surface area contributed by atoms with Crippen molar-refractivity contribution in [2.45, 2.75) is 47.1 Å². The summed E-state index contributed by atoms with van der Waals surface area (Å²) in [4.78, 5) is 2.55. The first-order valence-electron chi connectivity index (χ1n) is 8.61. The highest BCUT2D eigenvalue weighted by Gasteiger charge is 2.21. The summed E-state index contributed by atoms with van der Waals surface area (Å²) in [5.41, 5.74) is 2.78. The van der Waals surface area contributed by atoms with Crippen molar-refractivity contribution in [2.24, 2.45) is 17.8 Å². The van der Waals surface area contributed by atoms with E-state index >= 15 is 0 Å². The van der Waals surface area contributed by atoms with Gasteiger partial charge < -0.3 is 10.2 Å². The van der Waals surface area contributed by atoms with Crippen LogP contribution in [0.5, 0.6) is 0 Å². The van der Waals surface area contributed by atoms with Crippen molar-refractivity contribution in [1.29, 1.82) is 0 Å². The van der Waals surface area contributed by atoms with E-state index in [-0.39, 0.29) is 0 Å². The first-order valence-corrected chi connectivity index (χ1v) is 8.61. The van der Waals surface area contributed by atoms with Gasteiger partial charge in [0.05, 0.1) is 0 Å². The minimum Gasteiger partial charge on any atom is -0.372 e. The lowest BCUT2D eigenvalue weighted by molar-refractivity contribution is 0.311. The van der Waals surface area contributed by atoms with Crippen molar-refractivity contribution >= 4 is 5.69 Å². The van der Waals surface area contributed by atoms with E-state index in [2.05, 4.69) is 62.2 Å². The zero-order chi connectivity index (χ0) is 15.2. The van der Waals surface area contributed by atoms with E-state index in [1.807, 2.05) is 0 Å². The molecule has 1 aromatic carbocycles. The van der Waals surface area contributed by atoms with Crippen LogP contribution in [0.1, 0.15) is 46.1 Å². The number of benzene rings is 1. The summed E-state index contributed by atoms with van der Waals surface area (Å²) in [5.74, 6) is 2.47. The van der Waals surface area contributed by atoms with Crippen molar-refractivity contribution in [3.8, 4) is 0 Å². The van der Waals surface area contributed by atoms with E-state index in [4.69, 9.17) is 0 Å². The van der Waals surface area contributed by atoms with Crippen molar-refractivity contribution < 1.29 is 0 Å². The highest BCUT2D eigenvalue weighted by molar-refractivity contribution is 5.48. The molecule has 1 saturated heterocycles. The first kappa shape index (κ1) is 16.4. The van der Waals surface area contributed by atoms with Gasteiger partial charge in [-0.25, -0.2) is 0 Å². The molecule has 1 heterocycles. The summed E-state index contributed by atoms with van der Waals surface area (Å²) in [6.45, 7) is 13.7. The third kappa shape index (κ3) is 5.03. The second-order valence-corrected chi connectivity index (χ2v) is 7.26. The van der Waals surface area contributed by atoms with E-state index in [0.29, 0.717) is 5.92 Å². The number of nitrogens with one attached hydrogen (secondary N) is 1. The van der Waals surface area contributed by atoms with Gasteiger partial charge in [0, 0.05) is 25.3 Å². The minimum atomic E-state index is 0.714. The molecule has 0 amide bonds. The maximum Gasteiger partial charge on any atom is 0.0366 e. The molecule has 2 heteroatoms. The Morgan fingerprint density at radius 1 is 1.05 bits per heavy atom. The van der Waals surface area contributed by atoms with Gasteiger partial charge in [0.2, 0.25) is 0 Å². The van der Waals surface area contributed by atoms with Crippen molar-refractivity contribution in [1.82, 2.24) is 5.32 Å². The fourth-order valence-electron chi connectivity index (χ4n) is 3.15. The Balaban J connectivity index is 1.82. The zero-order valence-electron chi connectivity index (χ0n) is 14.2. The fourth-order valence-corrected chi connectivity index (χ4v) is 3.15. The molecule has 0 saturated carbocycles. The van der Waals surface area contributed by atoms with Crippen LogP contribution in [0.15, 0.2) is 24.3 Å². The summed E-state index contributed by atoms with van der Waals surface area (Å²) < 4.78 is 0. The summed E-state index contributed by atoms with van der Waals surface area (Å²) in [5, 5.41) is 3.50. The Labute approximate surface area is 130 Å². The van der Waals surface area contributed by atoms with Gasteiger partial charge in [-0.3, -0.25) is 0 Å². The normalized spacial score (nSPS) is 17.0. The molecule has 0 aliphatic carbocycles. The van der Waals surface area contributed by atoms with E-state index in [1.54, 1.807) is 0 Å². The number of piperidine rings is 1. The molecule has 0 atom stereocenters. The highest BCUT2D eigenvalue weighted by Crippen LogP contribution is 2.27. The maximum absolute atomic E-state index is 3.50. The summed E-state index contributed by atoms with van der Waals surface area (Å²) >= 11 is 0. The molecule has 1 fully saturated rings. The second kappa shape index (κ2) is 7.84. The average molecular weight is 288 g/mol. The summed E-state index contributed by atoms with van der Waals surface area (Å²) in [6, 6.07) is 9.14. The van der Waals surface area contributed by atoms with Gasteiger partial charge in [-0.15, -0.1) is 0 Å².